The maximum atomic E-state index is 3.95. The van der Waals surface area contributed by atoms with E-state index in [1.165, 1.54) is 42.5 Å². The first-order valence-electron chi connectivity index (χ1n) is 7.03. The van der Waals surface area contributed by atoms with E-state index in [2.05, 4.69) is 56.9 Å². The molecule has 0 unspecified atom stereocenters. The summed E-state index contributed by atoms with van der Waals surface area (Å²) in [5.41, 5.74) is 3.85. The Morgan fingerprint density at radius 3 is 2.50 bits per heavy atom. The molecule has 100 valence electrons. The van der Waals surface area contributed by atoms with Gasteiger partial charge >= 0.3 is 0 Å². The van der Waals surface area contributed by atoms with Gasteiger partial charge in [-0.05, 0) is 51.2 Å². The van der Waals surface area contributed by atoms with Crippen LogP contribution >= 0.6 is 0 Å². The molecule has 1 rings (SSSR count). The molecule has 1 nitrogen and oxygen atoms in total. The summed E-state index contributed by atoms with van der Waals surface area (Å²) in [7, 11) is 0. The maximum Gasteiger partial charge on any atom is 0.0340 e. The topological polar surface area (TPSA) is 12.0 Å². The van der Waals surface area contributed by atoms with Crippen LogP contribution in [-0.2, 0) is 0 Å². The Balaban J connectivity index is 2.13. The molecule has 0 spiro atoms. The van der Waals surface area contributed by atoms with E-state index in [9.17, 15) is 0 Å². The lowest BCUT2D eigenvalue weighted by Gasteiger charge is -2.12. The van der Waals surface area contributed by atoms with Crippen LogP contribution in [0.15, 0.2) is 36.4 Å². The third kappa shape index (κ3) is 6.48. The fraction of sp³-hybridized carbons (Fsp3) is 0.529. The van der Waals surface area contributed by atoms with Crippen LogP contribution in [0, 0.1) is 12.8 Å². The molecule has 0 fully saturated rings. The van der Waals surface area contributed by atoms with Crippen molar-refractivity contribution in [2.45, 2.75) is 46.5 Å². The molecule has 0 saturated carbocycles. The number of anilines is 1. The molecule has 1 aromatic carbocycles. The Bertz CT molecular complexity index is 350. The summed E-state index contributed by atoms with van der Waals surface area (Å²) in [6.45, 7) is 11.6. The lowest BCUT2D eigenvalue weighted by molar-refractivity contribution is 0.486. The predicted octanol–water partition coefficient (Wildman–Crippen LogP) is 5.18. The van der Waals surface area contributed by atoms with Gasteiger partial charge in [-0.15, -0.1) is 6.58 Å². The molecular formula is C17H27N. The van der Waals surface area contributed by atoms with Crippen molar-refractivity contribution < 1.29 is 0 Å². The number of rotatable bonds is 8. The second-order valence-corrected chi connectivity index (χ2v) is 5.54. The van der Waals surface area contributed by atoms with Crippen LogP contribution in [0.2, 0.25) is 0 Å². The first-order valence-corrected chi connectivity index (χ1v) is 7.03. The van der Waals surface area contributed by atoms with E-state index in [1.807, 2.05) is 0 Å². The zero-order valence-corrected chi connectivity index (χ0v) is 12.1. The quantitative estimate of drug-likeness (QED) is 0.622. The standard InChI is InChI=1S/C17H27N/c1-14(2)6-5-7-15(3)12-13-18-17-10-8-16(4)9-11-17/h8-11,15,18H,1,5-7,12-13H2,2-4H3/t15-/m1/s1. The van der Waals surface area contributed by atoms with Gasteiger partial charge in [0.2, 0.25) is 0 Å². The first kappa shape index (κ1) is 14.8. The average Bonchev–Trinajstić information content (AvgIpc) is 2.31. The number of aryl methyl sites for hydroxylation is 1. The van der Waals surface area contributed by atoms with E-state index in [0.717, 1.165) is 12.5 Å². The molecule has 0 aliphatic carbocycles. The molecule has 0 aliphatic heterocycles. The monoisotopic (exact) mass is 245 g/mol. The zero-order valence-electron chi connectivity index (χ0n) is 12.1. The highest BCUT2D eigenvalue weighted by Gasteiger charge is 2.02. The summed E-state index contributed by atoms with van der Waals surface area (Å²) in [5, 5.41) is 3.48. The highest BCUT2D eigenvalue weighted by atomic mass is 14.9. The summed E-state index contributed by atoms with van der Waals surface area (Å²) >= 11 is 0. The Hall–Kier alpha value is -1.24. The van der Waals surface area contributed by atoms with Crippen LogP contribution in [0.25, 0.3) is 0 Å². The van der Waals surface area contributed by atoms with Gasteiger partial charge in [-0.3, -0.25) is 0 Å². The summed E-state index contributed by atoms with van der Waals surface area (Å²) < 4.78 is 0. The van der Waals surface area contributed by atoms with Gasteiger partial charge < -0.3 is 5.32 Å². The Labute approximate surface area is 112 Å². The second kappa shape index (κ2) is 7.97. The van der Waals surface area contributed by atoms with Crippen molar-refractivity contribution in [1.82, 2.24) is 0 Å². The predicted molar refractivity (Wildman–Crippen MR) is 82.1 cm³/mol. The summed E-state index contributed by atoms with van der Waals surface area (Å²) in [6, 6.07) is 8.61. The molecule has 0 amide bonds. The van der Waals surface area contributed by atoms with Gasteiger partial charge in [-0.2, -0.15) is 0 Å². The summed E-state index contributed by atoms with van der Waals surface area (Å²) in [5.74, 6) is 0.794. The first-order chi connectivity index (χ1) is 8.58. The van der Waals surface area contributed by atoms with E-state index in [4.69, 9.17) is 0 Å². The Kier molecular flexibility index (Phi) is 6.56. The molecule has 1 N–H and O–H groups in total. The minimum atomic E-state index is 0.794. The number of hydrogen-bond donors (Lipinski definition) is 1. The van der Waals surface area contributed by atoms with Crippen molar-refractivity contribution >= 4 is 5.69 Å². The van der Waals surface area contributed by atoms with Gasteiger partial charge in [0.15, 0.2) is 0 Å². The van der Waals surface area contributed by atoms with Crippen molar-refractivity contribution in [3.8, 4) is 0 Å². The molecule has 0 aliphatic rings. The van der Waals surface area contributed by atoms with E-state index < -0.39 is 0 Å². The highest BCUT2D eigenvalue weighted by Crippen LogP contribution is 2.15. The van der Waals surface area contributed by atoms with Crippen LogP contribution in [-0.4, -0.2) is 6.54 Å². The van der Waals surface area contributed by atoms with E-state index in [1.54, 1.807) is 0 Å². The number of allylic oxidation sites excluding steroid dienone is 1. The third-order valence-electron chi connectivity index (χ3n) is 3.32. The zero-order chi connectivity index (χ0) is 13.4. The fourth-order valence-corrected chi connectivity index (χ4v) is 2.03. The average molecular weight is 245 g/mol. The molecule has 0 radical (unpaired) electrons. The molecule has 1 aromatic rings. The summed E-state index contributed by atoms with van der Waals surface area (Å²) in [6.07, 6.45) is 5.00. The van der Waals surface area contributed by atoms with Gasteiger partial charge in [0.25, 0.3) is 0 Å². The van der Waals surface area contributed by atoms with E-state index in [0.29, 0.717) is 0 Å². The summed E-state index contributed by atoms with van der Waals surface area (Å²) in [4.78, 5) is 0. The van der Waals surface area contributed by atoms with Gasteiger partial charge in [0.1, 0.15) is 0 Å². The van der Waals surface area contributed by atoms with Crippen molar-refractivity contribution in [3.63, 3.8) is 0 Å². The largest absolute Gasteiger partial charge is 0.385 e. The third-order valence-corrected chi connectivity index (χ3v) is 3.32. The molecule has 18 heavy (non-hydrogen) atoms. The van der Waals surface area contributed by atoms with E-state index in [-0.39, 0.29) is 0 Å². The molecule has 0 heterocycles. The molecule has 0 aromatic heterocycles. The van der Waals surface area contributed by atoms with Crippen molar-refractivity contribution in [2.75, 3.05) is 11.9 Å². The molecule has 1 atom stereocenters. The van der Waals surface area contributed by atoms with Gasteiger partial charge in [0, 0.05) is 12.2 Å². The van der Waals surface area contributed by atoms with Gasteiger partial charge in [-0.25, -0.2) is 0 Å². The minimum absolute atomic E-state index is 0.794. The van der Waals surface area contributed by atoms with Gasteiger partial charge in [-0.1, -0.05) is 36.6 Å². The number of nitrogens with one attached hydrogen (secondary N) is 1. The van der Waals surface area contributed by atoms with Crippen molar-refractivity contribution in [1.29, 1.82) is 0 Å². The highest BCUT2D eigenvalue weighted by molar-refractivity contribution is 5.44. The molecule has 1 heteroatoms. The van der Waals surface area contributed by atoms with Crippen LogP contribution in [0.1, 0.15) is 45.1 Å². The number of hydrogen-bond acceptors (Lipinski definition) is 1. The Morgan fingerprint density at radius 1 is 1.22 bits per heavy atom. The normalized spacial score (nSPS) is 12.2. The lowest BCUT2D eigenvalue weighted by Crippen LogP contribution is -2.06. The maximum absolute atomic E-state index is 3.95. The molecular weight excluding hydrogens is 218 g/mol. The SMILES string of the molecule is C=C(C)CCC[C@@H](C)CCNc1ccc(C)cc1. The van der Waals surface area contributed by atoms with Crippen LogP contribution in [0.3, 0.4) is 0 Å². The van der Waals surface area contributed by atoms with Crippen LogP contribution in [0.5, 0.6) is 0 Å². The molecule has 0 bridgehead atoms. The number of benzene rings is 1. The second-order valence-electron chi connectivity index (χ2n) is 5.54. The minimum Gasteiger partial charge on any atom is -0.385 e. The Morgan fingerprint density at radius 2 is 1.89 bits per heavy atom. The lowest BCUT2D eigenvalue weighted by atomic mass is 9.99. The smallest absolute Gasteiger partial charge is 0.0340 e. The van der Waals surface area contributed by atoms with Crippen LogP contribution in [0.4, 0.5) is 5.69 Å². The fourth-order valence-electron chi connectivity index (χ4n) is 2.03. The van der Waals surface area contributed by atoms with Crippen LogP contribution < -0.4 is 5.32 Å². The van der Waals surface area contributed by atoms with E-state index >= 15 is 0 Å². The van der Waals surface area contributed by atoms with Crippen molar-refractivity contribution in [3.05, 3.63) is 42.0 Å². The van der Waals surface area contributed by atoms with Gasteiger partial charge in [0.05, 0.1) is 0 Å². The molecule has 0 saturated heterocycles. The van der Waals surface area contributed by atoms with Crippen molar-refractivity contribution in [2.24, 2.45) is 5.92 Å².